The van der Waals surface area contributed by atoms with Crippen molar-refractivity contribution in [3.63, 3.8) is 0 Å². The van der Waals surface area contributed by atoms with E-state index in [1.807, 2.05) is 13.2 Å². The number of furan rings is 1. The van der Waals surface area contributed by atoms with Crippen LogP contribution in [0.5, 0.6) is 0 Å². The summed E-state index contributed by atoms with van der Waals surface area (Å²) < 4.78 is 6.92. The van der Waals surface area contributed by atoms with Crippen molar-refractivity contribution in [2.75, 3.05) is 6.54 Å². The highest BCUT2D eigenvalue weighted by Crippen LogP contribution is 2.15. The number of hydrogen-bond donors (Lipinski definition) is 2. The number of aromatic amines is 1. The maximum Gasteiger partial charge on any atom is 0.261 e. The SMILES string of the molecule is Cn1cc(CCNC(=O)c2ccc(-c3ccco3)[nH]c2=O)cn1. The zero-order valence-corrected chi connectivity index (χ0v) is 12.6. The van der Waals surface area contributed by atoms with Crippen LogP contribution in [0.4, 0.5) is 0 Å². The molecule has 3 heterocycles. The molecule has 23 heavy (non-hydrogen) atoms. The number of carbonyl (C=O) groups excluding carboxylic acids is 1. The maximum atomic E-state index is 12.1. The minimum atomic E-state index is -0.447. The Bertz CT molecular complexity index is 862. The lowest BCUT2D eigenvalue weighted by atomic mass is 10.2. The number of H-pyrrole nitrogens is 1. The Morgan fingerprint density at radius 3 is 2.91 bits per heavy atom. The predicted octanol–water partition coefficient (Wildman–Crippen LogP) is 1.34. The zero-order chi connectivity index (χ0) is 16.2. The second kappa shape index (κ2) is 6.35. The lowest BCUT2D eigenvalue weighted by Crippen LogP contribution is -2.31. The summed E-state index contributed by atoms with van der Waals surface area (Å²) in [5.74, 6) is 0.145. The first-order valence-electron chi connectivity index (χ1n) is 7.16. The van der Waals surface area contributed by atoms with Crippen molar-refractivity contribution < 1.29 is 9.21 Å². The molecule has 0 spiro atoms. The molecule has 3 aromatic heterocycles. The van der Waals surface area contributed by atoms with Crippen molar-refractivity contribution in [2.45, 2.75) is 6.42 Å². The summed E-state index contributed by atoms with van der Waals surface area (Å²) >= 11 is 0. The van der Waals surface area contributed by atoms with E-state index in [9.17, 15) is 9.59 Å². The van der Waals surface area contributed by atoms with E-state index in [-0.39, 0.29) is 5.56 Å². The van der Waals surface area contributed by atoms with E-state index in [2.05, 4.69) is 15.4 Å². The van der Waals surface area contributed by atoms with Crippen LogP contribution >= 0.6 is 0 Å². The third kappa shape index (κ3) is 3.39. The van der Waals surface area contributed by atoms with Gasteiger partial charge in [0.15, 0.2) is 0 Å². The number of pyridine rings is 1. The molecular weight excluding hydrogens is 296 g/mol. The monoisotopic (exact) mass is 312 g/mol. The molecule has 3 rings (SSSR count). The van der Waals surface area contributed by atoms with Gasteiger partial charge in [0, 0.05) is 19.8 Å². The van der Waals surface area contributed by atoms with Gasteiger partial charge in [0.25, 0.3) is 11.5 Å². The molecule has 0 bridgehead atoms. The molecule has 118 valence electrons. The molecule has 2 N–H and O–H groups in total. The van der Waals surface area contributed by atoms with E-state index in [1.165, 1.54) is 12.3 Å². The molecule has 7 heteroatoms. The summed E-state index contributed by atoms with van der Waals surface area (Å²) in [7, 11) is 1.84. The van der Waals surface area contributed by atoms with Crippen molar-refractivity contribution in [3.05, 3.63) is 64.4 Å². The van der Waals surface area contributed by atoms with E-state index in [0.29, 0.717) is 24.4 Å². The third-order valence-corrected chi connectivity index (χ3v) is 3.40. The predicted molar refractivity (Wildman–Crippen MR) is 84.0 cm³/mol. The lowest BCUT2D eigenvalue weighted by Gasteiger charge is -2.04. The Morgan fingerprint density at radius 2 is 2.26 bits per heavy atom. The average Bonchev–Trinajstić information content (AvgIpc) is 3.18. The van der Waals surface area contributed by atoms with Gasteiger partial charge in [-0.05, 0) is 36.2 Å². The number of rotatable bonds is 5. The summed E-state index contributed by atoms with van der Waals surface area (Å²) in [5, 5.41) is 6.79. The van der Waals surface area contributed by atoms with Crippen LogP contribution in [0.15, 0.2) is 52.1 Å². The molecule has 0 radical (unpaired) electrons. The molecule has 0 aliphatic rings. The van der Waals surface area contributed by atoms with E-state index in [4.69, 9.17) is 4.42 Å². The number of aromatic nitrogens is 3. The first kappa shape index (κ1) is 14.8. The van der Waals surface area contributed by atoms with Crippen molar-refractivity contribution in [1.82, 2.24) is 20.1 Å². The van der Waals surface area contributed by atoms with Gasteiger partial charge in [-0.1, -0.05) is 0 Å². The molecule has 0 fully saturated rings. The van der Waals surface area contributed by atoms with E-state index in [1.54, 1.807) is 29.1 Å². The third-order valence-electron chi connectivity index (χ3n) is 3.40. The van der Waals surface area contributed by atoms with Crippen LogP contribution in [-0.4, -0.2) is 27.2 Å². The zero-order valence-electron chi connectivity index (χ0n) is 12.6. The highest BCUT2D eigenvalue weighted by atomic mass is 16.3. The Hall–Kier alpha value is -3.09. The van der Waals surface area contributed by atoms with E-state index in [0.717, 1.165) is 5.56 Å². The number of hydrogen-bond acceptors (Lipinski definition) is 4. The number of amides is 1. The van der Waals surface area contributed by atoms with Crippen LogP contribution in [0.3, 0.4) is 0 Å². The Balaban J connectivity index is 1.64. The van der Waals surface area contributed by atoms with Gasteiger partial charge in [0.1, 0.15) is 11.3 Å². The van der Waals surface area contributed by atoms with Crippen molar-refractivity contribution in [2.24, 2.45) is 7.05 Å². The van der Waals surface area contributed by atoms with Crippen LogP contribution in [0, 0.1) is 0 Å². The van der Waals surface area contributed by atoms with Crippen LogP contribution in [0.1, 0.15) is 15.9 Å². The van der Waals surface area contributed by atoms with Crippen LogP contribution < -0.4 is 10.9 Å². The molecular formula is C16H16N4O3. The smallest absolute Gasteiger partial charge is 0.261 e. The lowest BCUT2D eigenvalue weighted by molar-refractivity contribution is 0.0952. The summed E-state index contributed by atoms with van der Waals surface area (Å²) in [6.45, 7) is 0.434. The first-order valence-corrected chi connectivity index (χ1v) is 7.16. The van der Waals surface area contributed by atoms with Crippen molar-refractivity contribution >= 4 is 5.91 Å². The van der Waals surface area contributed by atoms with Gasteiger partial charge in [-0.25, -0.2) is 0 Å². The van der Waals surface area contributed by atoms with E-state index < -0.39 is 11.5 Å². The number of nitrogens with one attached hydrogen (secondary N) is 2. The fourth-order valence-corrected chi connectivity index (χ4v) is 2.24. The Labute approximate surface area is 131 Å². The molecule has 0 aromatic carbocycles. The molecule has 1 amide bonds. The minimum absolute atomic E-state index is 0.0755. The molecule has 3 aromatic rings. The highest BCUT2D eigenvalue weighted by Gasteiger charge is 2.12. The van der Waals surface area contributed by atoms with Gasteiger partial charge >= 0.3 is 0 Å². The molecule has 0 unspecified atom stereocenters. The Morgan fingerprint density at radius 1 is 1.39 bits per heavy atom. The molecule has 7 nitrogen and oxygen atoms in total. The molecule has 0 saturated heterocycles. The quantitative estimate of drug-likeness (QED) is 0.743. The van der Waals surface area contributed by atoms with Crippen LogP contribution in [0.25, 0.3) is 11.5 Å². The van der Waals surface area contributed by atoms with Gasteiger partial charge in [-0.2, -0.15) is 5.10 Å². The molecule has 0 aliphatic heterocycles. The fourth-order valence-electron chi connectivity index (χ4n) is 2.24. The van der Waals surface area contributed by atoms with Crippen molar-refractivity contribution in [1.29, 1.82) is 0 Å². The normalized spacial score (nSPS) is 10.7. The minimum Gasteiger partial charge on any atom is -0.463 e. The largest absolute Gasteiger partial charge is 0.463 e. The van der Waals surface area contributed by atoms with Gasteiger partial charge in [0.05, 0.1) is 18.2 Å². The standard InChI is InChI=1S/C16H16N4O3/c1-20-10-11(9-18-20)6-7-17-15(21)12-4-5-13(19-16(12)22)14-3-2-8-23-14/h2-5,8-10H,6-7H2,1H3,(H,17,21)(H,19,22). The number of carbonyl (C=O) groups is 1. The van der Waals surface area contributed by atoms with Crippen LogP contribution in [0.2, 0.25) is 0 Å². The van der Waals surface area contributed by atoms with E-state index >= 15 is 0 Å². The summed E-state index contributed by atoms with van der Waals surface area (Å²) in [6.07, 6.45) is 5.81. The van der Waals surface area contributed by atoms with Gasteiger partial charge < -0.3 is 14.7 Å². The fraction of sp³-hybridized carbons (Fsp3) is 0.188. The maximum absolute atomic E-state index is 12.1. The molecule has 0 atom stereocenters. The van der Waals surface area contributed by atoms with Gasteiger partial charge in [-0.3, -0.25) is 14.3 Å². The first-order chi connectivity index (χ1) is 11.1. The van der Waals surface area contributed by atoms with Crippen LogP contribution in [-0.2, 0) is 13.5 Å². The average molecular weight is 312 g/mol. The second-order valence-corrected chi connectivity index (χ2v) is 5.12. The molecule has 0 saturated carbocycles. The summed E-state index contributed by atoms with van der Waals surface area (Å²) in [6, 6.07) is 6.61. The van der Waals surface area contributed by atoms with Gasteiger partial charge in [0.2, 0.25) is 0 Å². The summed E-state index contributed by atoms with van der Waals surface area (Å²) in [4.78, 5) is 26.8. The van der Waals surface area contributed by atoms with Gasteiger partial charge in [-0.15, -0.1) is 0 Å². The molecule has 0 aliphatic carbocycles. The topological polar surface area (TPSA) is 92.9 Å². The van der Waals surface area contributed by atoms with Crippen molar-refractivity contribution in [3.8, 4) is 11.5 Å². The number of nitrogens with zero attached hydrogens (tertiary/aromatic N) is 2. The Kier molecular flexibility index (Phi) is 4.09. The second-order valence-electron chi connectivity index (χ2n) is 5.12. The summed E-state index contributed by atoms with van der Waals surface area (Å²) in [5.41, 5.74) is 1.19. The number of aryl methyl sites for hydroxylation is 1. The highest BCUT2D eigenvalue weighted by molar-refractivity contribution is 5.94.